The highest BCUT2D eigenvalue weighted by molar-refractivity contribution is 8.13. The van der Waals surface area contributed by atoms with E-state index in [1.165, 1.54) is 11.8 Å². The molecule has 0 spiro atoms. The van der Waals surface area contributed by atoms with Crippen molar-refractivity contribution in [2.24, 2.45) is 0 Å². The van der Waals surface area contributed by atoms with E-state index in [2.05, 4.69) is 5.32 Å². The number of nitrogens with one attached hydrogen (secondary N) is 1. The van der Waals surface area contributed by atoms with Crippen molar-refractivity contribution in [1.82, 2.24) is 5.32 Å². The Hall–Kier alpha value is -0.220. The maximum absolute atomic E-state index is 11.3. The molecule has 0 bridgehead atoms. The molecule has 0 amide bonds. The molecule has 0 unspecified atom stereocenters. The third-order valence-corrected chi connectivity index (χ3v) is 2.68. The molecule has 1 atom stereocenters. The normalized spacial score (nSPS) is 23.2. The van der Waals surface area contributed by atoms with Crippen LogP contribution in [0.25, 0.3) is 0 Å². The number of carbonyl (C=O) groups excluding carboxylic acids is 1. The van der Waals surface area contributed by atoms with Gasteiger partial charge in [-0.25, -0.2) is 4.79 Å². The van der Waals surface area contributed by atoms with Crippen LogP contribution in [0, 0.1) is 0 Å². The van der Waals surface area contributed by atoms with Crippen molar-refractivity contribution in [2.75, 3.05) is 13.1 Å². The molecule has 1 N–H and O–H groups in total. The van der Waals surface area contributed by atoms with Crippen molar-refractivity contribution in [1.29, 1.82) is 0 Å². The molecule has 1 heterocycles. The average molecular weight is 203 g/mol. The summed E-state index contributed by atoms with van der Waals surface area (Å²) in [5.41, 5.74) is -0.365. The lowest BCUT2D eigenvalue weighted by Gasteiger charge is -2.19. The van der Waals surface area contributed by atoms with Crippen LogP contribution in [0.1, 0.15) is 27.2 Å². The Kier molecular flexibility index (Phi) is 3.62. The van der Waals surface area contributed by atoms with Gasteiger partial charge in [0.05, 0.1) is 0 Å². The third kappa shape index (κ3) is 4.52. The molecule has 1 saturated heterocycles. The summed E-state index contributed by atoms with van der Waals surface area (Å²) >= 11 is 1.31. The quantitative estimate of drug-likeness (QED) is 0.662. The zero-order valence-corrected chi connectivity index (χ0v) is 9.24. The van der Waals surface area contributed by atoms with Crippen LogP contribution in [0.2, 0.25) is 0 Å². The highest BCUT2D eigenvalue weighted by Gasteiger charge is 2.23. The van der Waals surface area contributed by atoms with Crippen LogP contribution in [0.3, 0.4) is 0 Å². The van der Waals surface area contributed by atoms with Gasteiger partial charge in [0.1, 0.15) is 5.60 Å². The van der Waals surface area contributed by atoms with Gasteiger partial charge in [-0.2, -0.15) is 0 Å². The lowest BCUT2D eigenvalue weighted by Crippen LogP contribution is -2.23. The molecule has 13 heavy (non-hydrogen) atoms. The van der Waals surface area contributed by atoms with Crippen LogP contribution in [-0.2, 0) is 4.74 Å². The summed E-state index contributed by atoms with van der Waals surface area (Å²) in [5, 5.41) is 3.46. The van der Waals surface area contributed by atoms with E-state index in [9.17, 15) is 4.79 Å². The van der Waals surface area contributed by atoms with Gasteiger partial charge < -0.3 is 10.1 Å². The van der Waals surface area contributed by atoms with Gasteiger partial charge in [0.25, 0.3) is 0 Å². The Morgan fingerprint density at radius 1 is 1.54 bits per heavy atom. The van der Waals surface area contributed by atoms with Crippen LogP contribution >= 0.6 is 11.8 Å². The van der Waals surface area contributed by atoms with Gasteiger partial charge in [0.15, 0.2) is 0 Å². The summed E-state index contributed by atoms with van der Waals surface area (Å²) in [7, 11) is 0. The predicted octanol–water partition coefficient (Wildman–Crippen LogP) is 2.02. The van der Waals surface area contributed by atoms with Gasteiger partial charge in [0, 0.05) is 11.8 Å². The van der Waals surface area contributed by atoms with E-state index in [-0.39, 0.29) is 10.9 Å². The minimum absolute atomic E-state index is 0.152. The monoisotopic (exact) mass is 203 g/mol. The zero-order chi connectivity index (χ0) is 9.90. The molecule has 0 radical (unpaired) electrons. The van der Waals surface area contributed by atoms with Gasteiger partial charge >= 0.3 is 5.30 Å². The van der Waals surface area contributed by atoms with Gasteiger partial charge in [-0.1, -0.05) is 0 Å². The molecule has 0 saturated carbocycles. The summed E-state index contributed by atoms with van der Waals surface area (Å²) in [6, 6.07) is 0. The fourth-order valence-corrected chi connectivity index (χ4v) is 2.15. The van der Waals surface area contributed by atoms with Crippen LogP contribution in [-0.4, -0.2) is 29.2 Å². The first kappa shape index (κ1) is 10.9. The topological polar surface area (TPSA) is 38.3 Å². The SMILES string of the molecule is CC(C)(C)OC(=O)S[C@@H]1CCNC1. The van der Waals surface area contributed by atoms with Crippen LogP contribution < -0.4 is 5.32 Å². The average Bonchev–Trinajstić information content (AvgIpc) is 2.34. The largest absolute Gasteiger partial charge is 0.452 e. The second kappa shape index (κ2) is 4.33. The molecule has 0 aromatic heterocycles. The molecular weight excluding hydrogens is 186 g/mol. The van der Waals surface area contributed by atoms with E-state index in [0.29, 0.717) is 5.25 Å². The van der Waals surface area contributed by atoms with Gasteiger partial charge in [-0.3, -0.25) is 0 Å². The lowest BCUT2D eigenvalue weighted by molar-refractivity contribution is 0.0737. The Balaban J connectivity index is 2.24. The molecular formula is C9H17NO2S. The summed E-state index contributed by atoms with van der Waals surface area (Å²) < 4.78 is 5.20. The zero-order valence-electron chi connectivity index (χ0n) is 8.42. The summed E-state index contributed by atoms with van der Waals surface area (Å²) in [4.78, 5) is 11.3. The van der Waals surface area contributed by atoms with E-state index in [1.807, 2.05) is 20.8 Å². The van der Waals surface area contributed by atoms with Crippen molar-refractivity contribution in [3.8, 4) is 0 Å². The lowest BCUT2D eigenvalue weighted by atomic mass is 10.2. The molecule has 0 aromatic carbocycles. The standard InChI is InChI=1S/C9H17NO2S/c1-9(2,3)12-8(11)13-7-4-5-10-6-7/h7,10H,4-6H2,1-3H3/t7-/m1/s1. The molecule has 4 heteroatoms. The number of ether oxygens (including phenoxy) is 1. The van der Waals surface area contributed by atoms with E-state index in [0.717, 1.165) is 19.5 Å². The molecule has 0 aliphatic carbocycles. The van der Waals surface area contributed by atoms with E-state index < -0.39 is 0 Å². The number of thioether (sulfide) groups is 1. The number of carbonyl (C=O) groups is 1. The van der Waals surface area contributed by atoms with Crippen molar-refractivity contribution >= 4 is 17.1 Å². The molecule has 76 valence electrons. The molecule has 0 aromatic rings. The smallest absolute Gasteiger partial charge is 0.368 e. The number of hydrogen-bond acceptors (Lipinski definition) is 4. The Labute approximate surface area is 83.6 Å². The second-order valence-corrected chi connectivity index (χ2v) is 5.43. The van der Waals surface area contributed by atoms with E-state index >= 15 is 0 Å². The number of rotatable bonds is 1. The van der Waals surface area contributed by atoms with Gasteiger partial charge in [-0.05, 0) is 45.5 Å². The Morgan fingerprint density at radius 3 is 2.69 bits per heavy atom. The molecule has 1 aliphatic heterocycles. The minimum atomic E-state index is -0.365. The van der Waals surface area contributed by atoms with Crippen molar-refractivity contribution in [3.63, 3.8) is 0 Å². The maximum atomic E-state index is 11.3. The van der Waals surface area contributed by atoms with E-state index in [4.69, 9.17) is 4.74 Å². The summed E-state index contributed by atoms with van der Waals surface area (Å²) in [5.74, 6) is 0. The highest BCUT2D eigenvalue weighted by Crippen LogP contribution is 2.22. The molecule has 1 aliphatic rings. The summed E-state index contributed by atoms with van der Waals surface area (Å²) in [6.45, 7) is 7.60. The fourth-order valence-electron chi connectivity index (χ4n) is 1.14. The first-order valence-corrected chi connectivity index (χ1v) is 5.46. The molecule has 1 rings (SSSR count). The third-order valence-electron chi connectivity index (χ3n) is 1.67. The highest BCUT2D eigenvalue weighted by atomic mass is 32.2. The minimum Gasteiger partial charge on any atom is -0.452 e. The first-order valence-electron chi connectivity index (χ1n) is 4.58. The van der Waals surface area contributed by atoms with Crippen molar-refractivity contribution in [2.45, 2.75) is 38.0 Å². The first-order chi connectivity index (χ1) is 5.97. The molecule has 3 nitrogen and oxygen atoms in total. The fraction of sp³-hybridized carbons (Fsp3) is 0.889. The van der Waals surface area contributed by atoms with Crippen molar-refractivity contribution in [3.05, 3.63) is 0 Å². The predicted molar refractivity (Wildman–Crippen MR) is 55.1 cm³/mol. The molecule has 1 fully saturated rings. The van der Waals surface area contributed by atoms with Crippen LogP contribution in [0.15, 0.2) is 0 Å². The summed E-state index contributed by atoms with van der Waals surface area (Å²) in [6.07, 6.45) is 1.06. The maximum Gasteiger partial charge on any atom is 0.368 e. The van der Waals surface area contributed by atoms with Crippen LogP contribution in [0.4, 0.5) is 4.79 Å². The Bertz CT molecular complexity index is 183. The van der Waals surface area contributed by atoms with Crippen molar-refractivity contribution < 1.29 is 9.53 Å². The van der Waals surface area contributed by atoms with Gasteiger partial charge in [0.2, 0.25) is 0 Å². The second-order valence-electron chi connectivity index (χ2n) is 4.20. The van der Waals surface area contributed by atoms with E-state index in [1.54, 1.807) is 0 Å². The van der Waals surface area contributed by atoms with Gasteiger partial charge in [-0.15, -0.1) is 0 Å². The van der Waals surface area contributed by atoms with Crippen LogP contribution in [0.5, 0.6) is 0 Å². The Morgan fingerprint density at radius 2 is 2.23 bits per heavy atom. The number of hydrogen-bond donors (Lipinski definition) is 1.